The molecule has 0 saturated carbocycles. The van der Waals surface area contributed by atoms with Crippen molar-refractivity contribution in [3.8, 4) is 5.69 Å². The number of hydrogen-bond donors (Lipinski definition) is 1. The van der Waals surface area contributed by atoms with E-state index in [1.807, 2.05) is 0 Å². The highest BCUT2D eigenvalue weighted by molar-refractivity contribution is 9.09. The molecule has 0 aliphatic carbocycles. The van der Waals surface area contributed by atoms with E-state index < -0.39 is 17.2 Å². The molecule has 0 aliphatic heterocycles. The maximum atomic E-state index is 14.4. The normalized spacial score (nSPS) is 11.8. The van der Waals surface area contributed by atoms with Gasteiger partial charge in [0.2, 0.25) is 0 Å². The number of halogens is 3. The van der Waals surface area contributed by atoms with Gasteiger partial charge in [-0.15, -0.1) is 0 Å². The monoisotopic (exact) mass is 436 g/mol. The summed E-state index contributed by atoms with van der Waals surface area (Å²) in [6.07, 6.45) is 0. The Kier molecular flexibility index (Phi) is 5.41. The standard InChI is InChI=1S/C13H11BrClFN4O3S/c1-18-11(21)20(12(22)19(2)13(18)24)10-3-6(9(5-14)17-23)7(15)4-8(10)16/h3-4,23H,5H2,1-2H3/b17-9-. The predicted octanol–water partition coefficient (Wildman–Crippen LogP) is 1.97. The number of aromatic nitrogens is 3. The minimum atomic E-state index is -0.882. The van der Waals surface area contributed by atoms with Crippen molar-refractivity contribution in [2.24, 2.45) is 19.3 Å². The van der Waals surface area contributed by atoms with E-state index in [0.717, 1.165) is 15.2 Å². The first-order valence-corrected chi connectivity index (χ1v) is 8.31. The minimum Gasteiger partial charge on any atom is -0.411 e. The lowest BCUT2D eigenvalue weighted by molar-refractivity contribution is 0.319. The van der Waals surface area contributed by atoms with Gasteiger partial charge in [-0.2, -0.15) is 0 Å². The molecule has 24 heavy (non-hydrogen) atoms. The Morgan fingerprint density at radius 3 is 2.33 bits per heavy atom. The Hall–Kier alpha value is -1.78. The van der Waals surface area contributed by atoms with Gasteiger partial charge in [-0.25, -0.2) is 18.5 Å². The first-order valence-electron chi connectivity index (χ1n) is 6.40. The van der Waals surface area contributed by atoms with Crippen molar-refractivity contribution in [3.05, 3.63) is 54.3 Å². The number of hydrogen-bond acceptors (Lipinski definition) is 5. The molecule has 2 rings (SSSR count). The van der Waals surface area contributed by atoms with Crippen LogP contribution in [0.2, 0.25) is 5.02 Å². The van der Waals surface area contributed by atoms with Crippen LogP contribution in [0, 0.1) is 10.6 Å². The molecular formula is C13H11BrClFN4O3S. The van der Waals surface area contributed by atoms with Gasteiger partial charge in [-0.05, 0) is 24.4 Å². The van der Waals surface area contributed by atoms with E-state index in [4.69, 9.17) is 29.0 Å². The zero-order chi connectivity index (χ0) is 18.2. The van der Waals surface area contributed by atoms with Crippen molar-refractivity contribution in [1.29, 1.82) is 0 Å². The average molecular weight is 438 g/mol. The van der Waals surface area contributed by atoms with Crippen molar-refractivity contribution < 1.29 is 9.60 Å². The van der Waals surface area contributed by atoms with Gasteiger partial charge in [-0.3, -0.25) is 9.13 Å². The number of alkyl halides is 1. The molecule has 0 fully saturated rings. The van der Waals surface area contributed by atoms with Gasteiger partial charge in [0.05, 0.1) is 16.4 Å². The Bertz CT molecular complexity index is 987. The second kappa shape index (κ2) is 6.99. The number of nitrogens with zero attached hydrogens (tertiary/aromatic N) is 4. The second-order valence-electron chi connectivity index (χ2n) is 4.76. The molecule has 0 unspecified atom stereocenters. The van der Waals surface area contributed by atoms with Gasteiger partial charge in [0.15, 0.2) is 4.77 Å². The highest BCUT2D eigenvalue weighted by Crippen LogP contribution is 2.23. The lowest BCUT2D eigenvalue weighted by Crippen LogP contribution is -2.43. The summed E-state index contributed by atoms with van der Waals surface area (Å²) in [5.74, 6) is -0.882. The summed E-state index contributed by atoms with van der Waals surface area (Å²) in [6, 6.07) is 2.10. The van der Waals surface area contributed by atoms with Crippen molar-refractivity contribution in [2.45, 2.75) is 0 Å². The fourth-order valence-corrected chi connectivity index (χ4v) is 2.89. The van der Waals surface area contributed by atoms with Crippen LogP contribution in [-0.2, 0) is 14.1 Å². The summed E-state index contributed by atoms with van der Waals surface area (Å²) < 4.78 is 17.1. The topological polar surface area (TPSA) is 81.5 Å². The van der Waals surface area contributed by atoms with Gasteiger partial charge in [0.25, 0.3) is 0 Å². The first kappa shape index (κ1) is 18.6. The van der Waals surface area contributed by atoms with Crippen LogP contribution >= 0.6 is 39.7 Å². The quantitative estimate of drug-likeness (QED) is 0.262. The molecule has 1 N–H and O–H groups in total. The molecule has 0 amide bonds. The van der Waals surface area contributed by atoms with Gasteiger partial charge in [0, 0.05) is 25.0 Å². The Balaban J connectivity index is 2.95. The molecule has 1 heterocycles. The fraction of sp³-hybridized carbons (Fsp3) is 0.231. The molecule has 0 bridgehead atoms. The molecule has 11 heteroatoms. The summed E-state index contributed by atoms with van der Waals surface area (Å²) in [5.41, 5.74) is -1.66. The molecule has 0 saturated heterocycles. The average Bonchev–Trinajstić information content (AvgIpc) is 2.55. The van der Waals surface area contributed by atoms with E-state index in [1.54, 1.807) is 0 Å². The van der Waals surface area contributed by atoms with Crippen LogP contribution < -0.4 is 11.4 Å². The van der Waals surface area contributed by atoms with E-state index in [1.165, 1.54) is 20.2 Å². The van der Waals surface area contributed by atoms with E-state index in [9.17, 15) is 14.0 Å². The smallest absolute Gasteiger partial charge is 0.338 e. The highest BCUT2D eigenvalue weighted by Gasteiger charge is 2.19. The number of rotatable bonds is 3. The SMILES string of the molecule is Cn1c(=S)n(C)c(=O)n(-c2cc(/C(CBr)=N\O)c(Cl)cc2F)c1=O. The molecule has 1 aromatic carbocycles. The van der Waals surface area contributed by atoms with E-state index in [0.29, 0.717) is 4.57 Å². The third-order valence-electron chi connectivity index (χ3n) is 3.37. The summed E-state index contributed by atoms with van der Waals surface area (Å²) in [6.45, 7) is 0. The van der Waals surface area contributed by atoms with E-state index >= 15 is 0 Å². The Morgan fingerprint density at radius 2 is 1.88 bits per heavy atom. The molecular weight excluding hydrogens is 427 g/mol. The van der Waals surface area contributed by atoms with Crippen LogP contribution in [0.1, 0.15) is 5.56 Å². The van der Waals surface area contributed by atoms with Crippen LogP contribution in [-0.4, -0.2) is 30.0 Å². The summed E-state index contributed by atoms with van der Waals surface area (Å²) in [4.78, 5) is 24.8. The van der Waals surface area contributed by atoms with Gasteiger partial charge >= 0.3 is 11.4 Å². The van der Waals surface area contributed by atoms with E-state index in [-0.39, 0.29) is 32.1 Å². The van der Waals surface area contributed by atoms with Crippen LogP contribution in [0.5, 0.6) is 0 Å². The van der Waals surface area contributed by atoms with Crippen LogP contribution in [0.3, 0.4) is 0 Å². The molecule has 0 radical (unpaired) electrons. The number of oxime groups is 1. The first-order chi connectivity index (χ1) is 11.2. The van der Waals surface area contributed by atoms with Crippen molar-refractivity contribution in [2.75, 3.05) is 5.33 Å². The molecule has 0 atom stereocenters. The second-order valence-corrected chi connectivity index (χ2v) is 6.10. The summed E-state index contributed by atoms with van der Waals surface area (Å²) >= 11 is 14.1. The van der Waals surface area contributed by atoms with E-state index in [2.05, 4.69) is 21.1 Å². The molecule has 0 aliphatic rings. The van der Waals surface area contributed by atoms with Crippen LogP contribution in [0.15, 0.2) is 26.9 Å². The Labute approximate surface area is 153 Å². The summed E-state index contributed by atoms with van der Waals surface area (Å²) in [5, 5.41) is 12.2. The van der Waals surface area contributed by atoms with Crippen molar-refractivity contribution in [1.82, 2.24) is 13.7 Å². The Morgan fingerprint density at radius 1 is 1.33 bits per heavy atom. The summed E-state index contributed by atoms with van der Waals surface area (Å²) in [7, 11) is 2.74. The fourth-order valence-electron chi connectivity index (χ4n) is 2.06. The number of benzene rings is 1. The third kappa shape index (κ3) is 2.96. The van der Waals surface area contributed by atoms with Gasteiger partial charge in [0.1, 0.15) is 5.82 Å². The largest absolute Gasteiger partial charge is 0.411 e. The van der Waals surface area contributed by atoms with Crippen molar-refractivity contribution >= 4 is 45.5 Å². The van der Waals surface area contributed by atoms with Gasteiger partial charge in [-0.1, -0.05) is 32.7 Å². The molecule has 2 aromatic rings. The third-order valence-corrected chi connectivity index (χ3v) is 4.76. The minimum absolute atomic E-state index is 0.00564. The molecule has 1 aromatic heterocycles. The maximum absolute atomic E-state index is 14.4. The highest BCUT2D eigenvalue weighted by atomic mass is 79.9. The van der Waals surface area contributed by atoms with Crippen LogP contribution in [0.4, 0.5) is 4.39 Å². The molecule has 7 nitrogen and oxygen atoms in total. The lowest BCUT2D eigenvalue weighted by atomic mass is 10.1. The maximum Gasteiger partial charge on any atom is 0.338 e. The predicted molar refractivity (Wildman–Crippen MR) is 94.2 cm³/mol. The molecule has 128 valence electrons. The molecule has 0 spiro atoms. The lowest BCUT2D eigenvalue weighted by Gasteiger charge is -2.13. The van der Waals surface area contributed by atoms with Crippen molar-refractivity contribution in [3.63, 3.8) is 0 Å². The zero-order valence-electron chi connectivity index (χ0n) is 12.5. The zero-order valence-corrected chi connectivity index (χ0v) is 15.6. The van der Waals surface area contributed by atoms with Crippen LogP contribution in [0.25, 0.3) is 5.69 Å². The van der Waals surface area contributed by atoms with Gasteiger partial charge < -0.3 is 5.21 Å².